The quantitative estimate of drug-likeness (QED) is 0.386. The van der Waals surface area contributed by atoms with Crippen LogP contribution < -0.4 is 4.90 Å². The summed E-state index contributed by atoms with van der Waals surface area (Å²) < 4.78 is 1.82. The number of nitrogens with zero attached hydrogens (tertiary/aromatic N) is 5. The number of aliphatic carboxylic acids is 1. The number of hydrogen-bond acceptors (Lipinski definition) is 5. The zero-order valence-electron chi connectivity index (χ0n) is 20.9. The normalized spacial score (nSPS) is 15.8. The highest BCUT2D eigenvalue weighted by molar-refractivity contribution is 5.91. The van der Waals surface area contributed by atoms with E-state index in [1.165, 1.54) is 11.3 Å². The monoisotopic (exact) mass is 483 g/mol. The Bertz CT molecular complexity index is 1330. The molecule has 1 atom stereocenters. The number of anilines is 1. The SMILES string of the molecule is CC(C)c1cc(N2CCCN([C@@H](CC(=O)O)c3ccn(-c4ccccc4)n3)CC2)c2ncccc2c1. The van der Waals surface area contributed by atoms with Gasteiger partial charge >= 0.3 is 5.97 Å². The summed E-state index contributed by atoms with van der Waals surface area (Å²) in [4.78, 5) is 21.3. The molecule has 0 aliphatic carbocycles. The minimum atomic E-state index is -0.810. The lowest BCUT2D eigenvalue weighted by Gasteiger charge is -2.29. The van der Waals surface area contributed by atoms with Gasteiger partial charge in [-0.05, 0) is 54.3 Å². The summed E-state index contributed by atoms with van der Waals surface area (Å²) in [5, 5.41) is 15.7. The van der Waals surface area contributed by atoms with Crippen LogP contribution in [0.3, 0.4) is 0 Å². The summed E-state index contributed by atoms with van der Waals surface area (Å²) >= 11 is 0. The molecule has 1 fully saturated rings. The second-order valence-electron chi connectivity index (χ2n) is 9.78. The average molecular weight is 484 g/mol. The molecule has 186 valence electrons. The Morgan fingerprint density at radius 2 is 1.83 bits per heavy atom. The maximum Gasteiger partial charge on any atom is 0.305 e. The fourth-order valence-electron chi connectivity index (χ4n) is 5.09. The van der Waals surface area contributed by atoms with E-state index in [9.17, 15) is 9.90 Å². The molecule has 1 aliphatic rings. The van der Waals surface area contributed by atoms with Gasteiger partial charge in [0, 0.05) is 44.0 Å². The Balaban J connectivity index is 1.40. The Labute approximate surface area is 212 Å². The standard InChI is InChI=1S/C29H33N5O2/c1-21(2)23-18-22-8-6-12-30-29(22)27(19-23)33-14-7-13-32(16-17-33)26(20-28(35)36)25-11-15-34(31-25)24-9-4-3-5-10-24/h3-6,8-12,15,18-19,21,26H,7,13-14,16-17,20H2,1-2H3,(H,35,36)/t26-/m0/s1. The highest BCUT2D eigenvalue weighted by Crippen LogP contribution is 2.32. The van der Waals surface area contributed by atoms with Crippen molar-refractivity contribution < 1.29 is 9.90 Å². The highest BCUT2D eigenvalue weighted by Gasteiger charge is 2.28. The molecule has 2 aromatic heterocycles. The lowest BCUT2D eigenvalue weighted by Crippen LogP contribution is -2.35. The number of aromatic nitrogens is 3. The number of benzene rings is 2. The number of fused-ring (bicyclic) bond motifs is 1. The van der Waals surface area contributed by atoms with Crippen LogP contribution in [0.25, 0.3) is 16.6 Å². The van der Waals surface area contributed by atoms with Gasteiger partial charge in [-0.25, -0.2) is 4.68 Å². The summed E-state index contributed by atoms with van der Waals surface area (Å²) in [5.41, 5.74) is 5.26. The number of para-hydroxylation sites is 1. The number of rotatable bonds is 7. The molecule has 4 aromatic rings. The van der Waals surface area contributed by atoms with E-state index < -0.39 is 5.97 Å². The molecule has 7 nitrogen and oxygen atoms in total. The van der Waals surface area contributed by atoms with Crippen LogP contribution in [0.1, 0.15) is 49.9 Å². The van der Waals surface area contributed by atoms with Gasteiger partial charge < -0.3 is 10.0 Å². The average Bonchev–Trinajstić information content (AvgIpc) is 3.25. The summed E-state index contributed by atoms with van der Waals surface area (Å²) in [5.74, 6) is -0.383. The third-order valence-electron chi connectivity index (χ3n) is 7.03. The molecule has 1 saturated heterocycles. The predicted octanol–water partition coefficient (Wildman–Crippen LogP) is 5.27. The molecule has 0 radical (unpaired) electrons. The number of pyridine rings is 1. The zero-order chi connectivity index (χ0) is 25.1. The van der Waals surface area contributed by atoms with Gasteiger partial charge in [0.2, 0.25) is 0 Å². The number of carboxylic acids is 1. The van der Waals surface area contributed by atoms with Crippen LogP contribution in [0, 0.1) is 0 Å². The van der Waals surface area contributed by atoms with Crippen molar-refractivity contribution in [2.75, 3.05) is 31.1 Å². The summed E-state index contributed by atoms with van der Waals surface area (Å²) in [6, 6.07) is 20.2. The molecule has 36 heavy (non-hydrogen) atoms. The molecule has 1 N–H and O–H groups in total. The summed E-state index contributed by atoms with van der Waals surface area (Å²) in [6.45, 7) is 7.73. The molecular weight excluding hydrogens is 450 g/mol. The van der Waals surface area contributed by atoms with Crippen molar-refractivity contribution in [3.8, 4) is 5.69 Å². The van der Waals surface area contributed by atoms with Crippen LogP contribution in [-0.4, -0.2) is 56.9 Å². The Morgan fingerprint density at radius 3 is 2.61 bits per heavy atom. The Hall–Kier alpha value is -3.71. The van der Waals surface area contributed by atoms with Gasteiger partial charge in [0.15, 0.2) is 0 Å². The zero-order valence-corrected chi connectivity index (χ0v) is 20.9. The molecule has 0 saturated carbocycles. The molecule has 1 aliphatic heterocycles. The van der Waals surface area contributed by atoms with Gasteiger partial charge in [-0.2, -0.15) is 5.10 Å². The first-order chi connectivity index (χ1) is 17.5. The largest absolute Gasteiger partial charge is 0.481 e. The highest BCUT2D eigenvalue weighted by atomic mass is 16.4. The maximum atomic E-state index is 11.8. The van der Waals surface area contributed by atoms with E-state index >= 15 is 0 Å². The van der Waals surface area contributed by atoms with E-state index in [0.29, 0.717) is 5.92 Å². The molecule has 0 bridgehead atoms. The number of hydrogen-bond donors (Lipinski definition) is 1. The minimum Gasteiger partial charge on any atom is -0.481 e. The fourth-order valence-corrected chi connectivity index (χ4v) is 5.09. The van der Waals surface area contributed by atoms with Crippen LogP contribution in [0.5, 0.6) is 0 Å². The second kappa shape index (κ2) is 10.5. The van der Waals surface area contributed by atoms with Gasteiger partial charge in [0.25, 0.3) is 0 Å². The molecule has 7 heteroatoms. The van der Waals surface area contributed by atoms with E-state index in [2.05, 4.69) is 41.8 Å². The molecule has 3 heterocycles. The first-order valence-corrected chi connectivity index (χ1v) is 12.7. The smallest absolute Gasteiger partial charge is 0.305 e. The van der Waals surface area contributed by atoms with E-state index in [-0.39, 0.29) is 12.5 Å². The van der Waals surface area contributed by atoms with Gasteiger partial charge in [0.1, 0.15) is 0 Å². The molecule has 0 amide bonds. The third-order valence-corrected chi connectivity index (χ3v) is 7.03. The van der Waals surface area contributed by atoms with Gasteiger partial charge in [-0.3, -0.25) is 14.7 Å². The topological polar surface area (TPSA) is 74.5 Å². The van der Waals surface area contributed by atoms with Crippen LogP contribution in [-0.2, 0) is 4.79 Å². The van der Waals surface area contributed by atoms with Crippen molar-refractivity contribution in [1.82, 2.24) is 19.7 Å². The molecule has 2 aromatic carbocycles. The van der Waals surface area contributed by atoms with Crippen LogP contribution >= 0.6 is 0 Å². The van der Waals surface area contributed by atoms with Crippen molar-refractivity contribution >= 4 is 22.6 Å². The fraction of sp³-hybridized carbons (Fsp3) is 0.345. The van der Waals surface area contributed by atoms with E-state index in [1.54, 1.807) is 0 Å². The van der Waals surface area contributed by atoms with Crippen LogP contribution in [0.15, 0.2) is 73.1 Å². The maximum absolute atomic E-state index is 11.8. The third kappa shape index (κ3) is 5.11. The van der Waals surface area contributed by atoms with E-state index in [4.69, 9.17) is 10.1 Å². The Morgan fingerprint density at radius 1 is 1.00 bits per heavy atom. The first kappa shape index (κ1) is 24.0. The molecule has 0 unspecified atom stereocenters. The van der Waals surface area contributed by atoms with E-state index in [0.717, 1.165) is 54.9 Å². The predicted molar refractivity (Wildman–Crippen MR) is 143 cm³/mol. The summed E-state index contributed by atoms with van der Waals surface area (Å²) in [6.07, 6.45) is 4.74. The summed E-state index contributed by atoms with van der Waals surface area (Å²) in [7, 11) is 0. The lowest BCUT2D eigenvalue weighted by molar-refractivity contribution is -0.138. The van der Waals surface area contributed by atoms with E-state index in [1.807, 2.05) is 59.5 Å². The number of carboxylic acid groups (broad SMARTS) is 1. The van der Waals surface area contributed by atoms with Gasteiger partial charge in [-0.1, -0.05) is 38.1 Å². The van der Waals surface area contributed by atoms with Crippen molar-refractivity contribution in [2.45, 2.75) is 38.6 Å². The Kier molecular flexibility index (Phi) is 7.00. The van der Waals surface area contributed by atoms with Gasteiger partial charge in [0.05, 0.1) is 35.0 Å². The molecular formula is C29H33N5O2. The number of carbonyl (C=O) groups is 1. The molecule has 0 spiro atoms. The lowest BCUT2D eigenvalue weighted by atomic mass is 9.99. The van der Waals surface area contributed by atoms with Crippen molar-refractivity contribution in [1.29, 1.82) is 0 Å². The molecule has 5 rings (SSSR count). The van der Waals surface area contributed by atoms with Crippen molar-refractivity contribution in [3.05, 3.63) is 84.3 Å². The van der Waals surface area contributed by atoms with Crippen molar-refractivity contribution in [3.63, 3.8) is 0 Å². The first-order valence-electron chi connectivity index (χ1n) is 12.7. The van der Waals surface area contributed by atoms with Gasteiger partial charge in [-0.15, -0.1) is 0 Å². The second-order valence-corrected chi connectivity index (χ2v) is 9.78. The van der Waals surface area contributed by atoms with Crippen LogP contribution in [0.2, 0.25) is 0 Å². The minimum absolute atomic E-state index is 0.0269. The van der Waals surface area contributed by atoms with Crippen LogP contribution in [0.4, 0.5) is 5.69 Å². The van der Waals surface area contributed by atoms with Crippen molar-refractivity contribution in [2.24, 2.45) is 0 Å².